The lowest BCUT2D eigenvalue weighted by atomic mass is 9.72. The summed E-state index contributed by atoms with van der Waals surface area (Å²) in [7, 11) is 0. The maximum Gasteiger partial charge on any atom is 0.0252 e. The summed E-state index contributed by atoms with van der Waals surface area (Å²) in [5.74, 6) is 1.30. The first kappa shape index (κ1) is 13.1. The van der Waals surface area contributed by atoms with Crippen molar-refractivity contribution in [2.75, 3.05) is 0 Å². The molecule has 2 aliphatic heterocycles. The second kappa shape index (κ2) is 4.99. The molecule has 0 amide bonds. The molecule has 0 N–H and O–H groups in total. The van der Waals surface area contributed by atoms with Gasteiger partial charge in [0.1, 0.15) is 0 Å². The zero-order valence-electron chi connectivity index (χ0n) is 12.9. The van der Waals surface area contributed by atoms with E-state index in [0.29, 0.717) is 12.0 Å². The molecular formula is C20H23N. The Bertz CT molecular complexity index is 609. The van der Waals surface area contributed by atoms with Crippen molar-refractivity contribution in [2.45, 2.75) is 45.3 Å². The number of fused-ring (bicyclic) bond motifs is 6. The molecule has 2 heterocycles. The first-order valence-electron chi connectivity index (χ1n) is 8.13. The van der Waals surface area contributed by atoms with Crippen molar-refractivity contribution in [3.05, 3.63) is 70.8 Å². The maximum atomic E-state index is 2.70. The van der Waals surface area contributed by atoms with Crippen LogP contribution in [0.2, 0.25) is 0 Å². The molecule has 2 bridgehead atoms. The standard InChI is InChI=1S/C20H23N/c1-14(2)11-19-20-17-9-5-3-7-15(17)12-21(19)13-16-8-4-6-10-18(16)20/h3-10,14,19-20H,11-13H2,1-2H3. The third-order valence-electron chi connectivity index (χ3n) is 5.09. The molecule has 2 aliphatic rings. The summed E-state index contributed by atoms with van der Waals surface area (Å²) >= 11 is 0. The Labute approximate surface area is 127 Å². The molecule has 0 saturated carbocycles. The Balaban J connectivity index is 1.88. The highest BCUT2D eigenvalue weighted by atomic mass is 15.2. The quantitative estimate of drug-likeness (QED) is 0.777. The molecule has 0 aromatic heterocycles. The normalized spacial score (nSPS) is 26.3. The van der Waals surface area contributed by atoms with E-state index in [1.165, 1.54) is 17.5 Å². The predicted octanol–water partition coefficient (Wildman–Crippen LogP) is 4.56. The zero-order chi connectivity index (χ0) is 14.4. The van der Waals surface area contributed by atoms with Crippen LogP contribution in [-0.4, -0.2) is 10.9 Å². The van der Waals surface area contributed by atoms with E-state index in [4.69, 9.17) is 0 Å². The van der Waals surface area contributed by atoms with Crippen molar-refractivity contribution in [3.8, 4) is 0 Å². The lowest BCUT2D eigenvalue weighted by molar-refractivity contribution is 0.113. The monoisotopic (exact) mass is 277 g/mol. The summed E-state index contributed by atoms with van der Waals surface area (Å²) in [6.07, 6.45) is 1.29. The second-order valence-corrected chi connectivity index (χ2v) is 6.98. The molecule has 0 saturated heterocycles. The Kier molecular flexibility index (Phi) is 3.11. The van der Waals surface area contributed by atoms with Crippen LogP contribution < -0.4 is 0 Å². The average Bonchev–Trinajstić information content (AvgIpc) is 2.47. The summed E-state index contributed by atoms with van der Waals surface area (Å²) in [4.78, 5) is 2.70. The van der Waals surface area contributed by atoms with Gasteiger partial charge in [0.05, 0.1) is 0 Å². The Morgan fingerprint density at radius 3 is 1.95 bits per heavy atom. The van der Waals surface area contributed by atoms with Gasteiger partial charge in [-0.2, -0.15) is 0 Å². The number of hydrogen-bond donors (Lipinski definition) is 0. The highest BCUT2D eigenvalue weighted by Crippen LogP contribution is 2.45. The molecule has 0 aliphatic carbocycles. The van der Waals surface area contributed by atoms with E-state index >= 15 is 0 Å². The topological polar surface area (TPSA) is 3.24 Å². The molecule has 0 radical (unpaired) electrons. The van der Waals surface area contributed by atoms with E-state index in [1.54, 1.807) is 11.1 Å². The third kappa shape index (κ3) is 2.11. The lowest BCUT2D eigenvalue weighted by Crippen LogP contribution is -2.47. The summed E-state index contributed by atoms with van der Waals surface area (Å²) in [5.41, 5.74) is 6.17. The molecule has 1 atom stereocenters. The molecular weight excluding hydrogens is 254 g/mol. The van der Waals surface area contributed by atoms with Gasteiger partial charge >= 0.3 is 0 Å². The number of nitrogens with zero attached hydrogens (tertiary/aromatic N) is 1. The van der Waals surface area contributed by atoms with Crippen LogP contribution in [0, 0.1) is 5.92 Å². The lowest BCUT2D eigenvalue weighted by Gasteiger charge is -2.48. The minimum absolute atomic E-state index is 0.558. The molecule has 1 nitrogen and oxygen atoms in total. The van der Waals surface area contributed by atoms with Gasteiger partial charge in [0.15, 0.2) is 0 Å². The molecule has 0 fully saturated rings. The fourth-order valence-corrected chi connectivity index (χ4v) is 4.25. The van der Waals surface area contributed by atoms with Gasteiger partial charge in [-0.15, -0.1) is 0 Å². The van der Waals surface area contributed by atoms with Crippen LogP contribution in [-0.2, 0) is 13.1 Å². The van der Waals surface area contributed by atoms with Crippen molar-refractivity contribution in [1.82, 2.24) is 4.90 Å². The second-order valence-electron chi connectivity index (χ2n) is 6.98. The van der Waals surface area contributed by atoms with Crippen LogP contribution in [0.5, 0.6) is 0 Å². The minimum atomic E-state index is 0.558. The van der Waals surface area contributed by atoms with Crippen LogP contribution in [0.25, 0.3) is 0 Å². The van der Waals surface area contributed by atoms with Gasteiger partial charge in [-0.3, -0.25) is 4.90 Å². The molecule has 2 aromatic carbocycles. The minimum Gasteiger partial charge on any atom is -0.291 e. The van der Waals surface area contributed by atoms with Crippen LogP contribution in [0.4, 0.5) is 0 Å². The van der Waals surface area contributed by atoms with Crippen LogP contribution in [0.1, 0.15) is 48.4 Å². The fourth-order valence-electron chi connectivity index (χ4n) is 4.25. The Morgan fingerprint density at radius 2 is 1.43 bits per heavy atom. The average molecular weight is 277 g/mol. The van der Waals surface area contributed by atoms with Crippen molar-refractivity contribution in [2.24, 2.45) is 5.92 Å². The molecule has 21 heavy (non-hydrogen) atoms. The SMILES string of the molecule is CC(C)CC1C2c3ccccc3CN1Cc1ccccc12. The first-order chi connectivity index (χ1) is 10.2. The predicted molar refractivity (Wildman–Crippen MR) is 87.2 cm³/mol. The van der Waals surface area contributed by atoms with Gasteiger partial charge < -0.3 is 0 Å². The molecule has 108 valence electrons. The van der Waals surface area contributed by atoms with Crippen molar-refractivity contribution in [3.63, 3.8) is 0 Å². The molecule has 1 heteroatoms. The Morgan fingerprint density at radius 1 is 0.905 bits per heavy atom. The van der Waals surface area contributed by atoms with Gasteiger partial charge in [-0.05, 0) is 34.6 Å². The number of hydrogen-bond acceptors (Lipinski definition) is 1. The van der Waals surface area contributed by atoms with E-state index in [-0.39, 0.29) is 0 Å². The van der Waals surface area contributed by atoms with Crippen molar-refractivity contribution >= 4 is 0 Å². The zero-order valence-corrected chi connectivity index (χ0v) is 12.9. The van der Waals surface area contributed by atoms with E-state index in [1.807, 2.05) is 0 Å². The molecule has 4 rings (SSSR count). The van der Waals surface area contributed by atoms with Gasteiger partial charge in [0.25, 0.3) is 0 Å². The van der Waals surface area contributed by atoms with Crippen LogP contribution >= 0.6 is 0 Å². The highest BCUT2D eigenvalue weighted by Gasteiger charge is 2.40. The summed E-state index contributed by atoms with van der Waals surface area (Å²) in [6, 6.07) is 18.8. The maximum absolute atomic E-state index is 2.70. The largest absolute Gasteiger partial charge is 0.291 e. The summed E-state index contributed by atoms with van der Waals surface area (Å²) in [5, 5.41) is 0. The summed E-state index contributed by atoms with van der Waals surface area (Å²) < 4.78 is 0. The fraction of sp³-hybridized carbons (Fsp3) is 0.400. The van der Waals surface area contributed by atoms with Gasteiger partial charge in [-0.1, -0.05) is 62.4 Å². The van der Waals surface area contributed by atoms with Crippen LogP contribution in [0.3, 0.4) is 0 Å². The number of rotatable bonds is 2. The van der Waals surface area contributed by atoms with Crippen LogP contribution in [0.15, 0.2) is 48.5 Å². The molecule has 2 aromatic rings. The summed E-state index contributed by atoms with van der Waals surface area (Å²) in [6.45, 7) is 6.92. The van der Waals surface area contributed by atoms with E-state index in [2.05, 4.69) is 67.3 Å². The van der Waals surface area contributed by atoms with Gasteiger partial charge in [0.2, 0.25) is 0 Å². The third-order valence-corrected chi connectivity index (χ3v) is 5.09. The molecule has 0 spiro atoms. The van der Waals surface area contributed by atoms with Crippen molar-refractivity contribution < 1.29 is 0 Å². The van der Waals surface area contributed by atoms with Gasteiger partial charge in [-0.25, -0.2) is 0 Å². The van der Waals surface area contributed by atoms with Crippen molar-refractivity contribution in [1.29, 1.82) is 0 Å². The molecule has 1 unspecified atom stereocenters. The highest BCUT2D eigenvalue weighted by molar-refractivity contribution is 5.47. The Hall–Kier alpha value is -1.60. The van der Waals surface area contributed by atoms with E-state index < -0.39 is 0 Å². The first-order valence-corrected chi connectivity index (χ1v) is 8.13. The number of benzene rings is 2. The van der Waals surface area contributed by atoms with E-state index in [9.17, 15) is 0 Å². The smallest absolute Gasteiger partial charge is 0.0252 e. The van der Waals surface area contributed by atoms with E-state index in [0.717, 1.165) is 19.0 Å². The van der Waals surface area contributed by atoms with Gasteiger partial charge in [0, 0.05) is 25.0 Å².